The Hall–Kier alpha value is -13.0. The van der Waals surface area contributed by atoms with Crippen LogP contribution in [-0.4, -0.2) is 105 Å². The lowest BCUT2D eigenvalue weighted by atomic mass is 9.86. The van der Waals surface area contributed by atoms with Crippen molar-refractivity contribution in [2.75, 3.05) is 7.11 Å². The van der Waals surface area contributed by atoms with E-state index < -0.39 is 120 Å². The van der Waals surface area contributed by atoms with Gasteiger partial charge in [0.1, 0.15) is 46.1 Å². The van der Waals surface area contributed by atoms with Gasteiger partial charge in [0.05, 0.1) is 23.8 Å². The smallest absolute Gasteiger partial charge is 0.268 e. The molecular formula is C91H109N5O28. The largest absolute Gasteiger partial charge is 0.507 e. The first-order chi connectivity index (χ1) is 57.0. The maximum atomic E-state index is 12.2. The minimum atomic E-state index is -0.864. The Bertz CT molecular complexity index is 5310. The molecular weight excluding hydrogens is 1610 g/mol. The highest BCUT2D eigenvalue weighted by Gasteiger charge is 2.34. The highest BCUT2D eigenvalue weighted by atomic mass is 16.5. The summed E-state index contributed by atoms with van der Waals surface area (Å²) in [6.07, 6.45) is 44.0. The molecule has 5 saturated carbocycles. The van der Waals surface area contributed by atoms with Crippen LogP contribution in [0.4, 0.5) is 0 Å². The standard InChI is InChI=1S/C19H20O5.C18H20O6.2C18H18O6.C18H18O5.5H3N/c1-23-17-10-13(7-8-15(17)20)19-18(22)16(21)11-14(24-19)9-12-5-3-2-4-6-12;3*19-13-9-15(21)14(20)8-12(13)18-17(23)16(22)7-11(24-18)6-10-4-2-1-3-5-10;19-14-7-6-12(9-15(14)20)18-17(22)16(21)10-13(23-18)8-11-4-2-1-3-5-11;;;;;/h7-8,10-12H,2-6,9H2,1H3;7-10,19-21,23H,1-6H2;2*7-10,19,23H,1-6H2;6-7,9-11,22H,1-5,8H2;5*1H3/b19-13-;;;;;;;;;. The molecule has 0 spiro atoms. The van der Waals surface area contributed by atoms with Crippen LogP contribution in [0.5, 0.6) is 40.2 Å². The van der Waals surface area contributed by atoms with Gasteiger partial charge in [0.15, 0.2) is 46.1 Å². The number of phenolic OH excluding ortho intramolecular Hbond substituents is 3. The van der Waals surface area contributed by atoms with Crippen molar-refractivity contribution in [1.82, 2.24) is 30.8 Å². The van der Waals surface area contributed by atoms with E-state index in [4.69, 9.17) is 27.1 Å². The molecule has 9 aliphatic carbocycles. The van der Waals surface area contributed by atoms with E-state index in [0.29, 0.717) is 96.1 Å². The summed E-state index contributed by atoms with van der Waals surface area (Å²) in [5.41, 5.74) is -2.14. The van der Waals surface area contributed by atoms with Crippen molar-refractivity contribution in [2.45, 2.75) is 193 Å². The summed E-state index contributed by atoms with van der Waals surface area (Å²) >= 11 is 0. The Morgan fingerprint density at radius 2 is 0.645 bits per heavy atom. The fraction of sp³-hybridized carbons (Fsp3) is 0.396. The van der Waals surface area contributed by atoms with Gasteiger partial charge in [-0.15, -0.1) is 0 Å². The number of carbonyl (C=O) groups excluding carboxylic acids is 9. The van der Waals surface area contributed by atoms with Crippen LogP contribution in [0.3, 0.4) is 0 Å². The van der Waals surface area contributed by atoms with Crippen molar-refractivity contribution in [1.29, 1.82) is 0 Å². The summed E-state index contributed by atoms with van der Waals surface area (Å²) in [7, 11) is 1.38. The highest BCUT2D eigenvalue weighted by Crippen LogP contribution is 2.43. The SMILES string of the molecule is COC1=C/C(=C2\OC(CC3CCCCC3)=CC(=O)C2=O)C=CC1=O.N.N.N.N.N.O=C1C=C(O)C(c2oc(CC3CCCCC3)cc(=O)c2O)=CC1=O.O=C1C=C(O)C(c2oc(CC3CCCCC3)cc(=O)c2O)=CC1=O.O=C1C=CC(c2oc(CC3CCCCC3)cc(=O)c2O)=CC1=O.O=c1cc(CC2CCCCC2)oc(-c2cc(O)c(O)cc2O)c1O. The number of benzene rings is 1. The number of methoxy groups -OCH3 is 1. The first kappa shape index (κ1) is 99.9. The van der Waals surface area contributed by atoms with Crippen LogP contribution in [0.1, 0.15) is 207 Å². The lowest BCUT2D eigenvalue weighted by molar-refractivity contribution is -0.134. The Kier molecular flexibility index (Phi) is 36.9. The van der Waals surface area contributed by atoms with Gasteiger partial charge in [-0.25, -0.2) is 0 Å². The molecule has 0 radical (unpaired) electrons. The summed E-state index contributed by atoms with van der Waals surface area (Å²) in [4.78, 5) is 152. The van der Waals surface area contributed by atoms with E-state index in [1.165, 1.54) is 120 Å². The van der Waals surface area contributed by atoms with E-state index in [-0.39, 0.29) is 93.4 Å². The molecule has 1 aromatic carbocycles. The number of carbonyl (C=O) groups is 9. The molecule has 5 aromatic rings. The predicted octanol–water partition coefficient (Wildman–Crippen LogP) is 14.4. The minimum Gasteiger partial charge on any atom is -0.507 e. The maximum Gasteiger partial charge on any atom is 0.268 e. The molecule has 15 rings (SSSR count). The van der Waals surface area contributed by atoms with Gasteiger partial charge >= 0.3 is 0 Å². The van der Waals surface area contributed by atoms with Crippen LogP contribution in [-0.2, 0) is 78.3 Å². The molecule has 33 nitrogen and oxygen atoms in total. The molecule has 0 unspecified atom stereocenters. The zero-order valence-corrected chi connectivity index (χ0v) is 69.2. The number of aromatic hydroxyl groups is 7. The number of allylic oxidation sites excluding steroid dienone is 17. The summed E-state index contributed by atoms with van der Waals surface area (Å²) in [6.45, 7) is 0. The lowest BCUT2D eigenvalue weighted by Gasteiger charge is -2.25. The highest BCUT2D eigenvalue weighted by molar-refractivity contribution is 6.50. The van der Waals surface area contributed by atoms with Crippen LogP contribution in [0, 0.1) is 29.6 Å². The molecule has 0 atom stereocenters. The van der Waals surface area contributed by atoms with E-state index >= 15 is 0 Å². The Balaban J connectivity index is 0.000000237. The summed E-state index contributed by atoms with van der Waals surface area (Å²) < 4.78 is 33.3. The number of ketones is 9. The van der Waals surface area contributed by atoms with E-state index in [2.05, 4.69) is 0 Å². The van der Waals surface area contributed by atoms with E-state index in [0.717, 1.165) is 151 Å². The maximum absolute atomic E-state index is 12.2. The molecule has 666 valence electrons. The number of rotatable bonds is 15. The zero-order valence-electron chi connectivity index (χ0n) is 69.2. The van der Waals surface area contributed by atoms with Gasteiger partial charge < -0.3 is 104 Å². The van der Waals surface area contributed by atoms with Crippen LogP contribution in [0.2, 0.25) is 0 Å². The van der Waals surface area contributed by atoms with E-state index in [1.54, 1.807) is 0 Å². The van der Waals surface area contributed by atoms with Crippen LogP contribution >= 0.6 is 0 Å². The summed E-state index contributed by atoms with van der Waals surface area (Å²) in [6, 6.07) is 7.04. The van der Waals surface area contributed by atoms with Crippen molar-refractivity contribution in [3.8, 4) is 51.6 Å². The molecule has 10 aliphatic rings. The van der Waals surface area contributed by atoms with Gasteiger partial charge in [-0.3, -0.25) is 62.3 Å². The fourth-order valence-corrected chi connectivity index (χ4v) is 16.2. The lowest BCUT2D eigenvalue weighted by Crippen LogP contribution is -2.24. The van der Waals surface area contributed by atoms with Gasteiger partial charge in [-0.05, 0) is 66.0 Å². The third kappa shape index (κ3) is 25.6. The number of aliphatic hydroxyl groups is 2. The number of hydrogen-bond donors (Lipinski definition) is 14. The summed E-state index contributed by atoms with van der Waals surface area (Å²) in [5.74, 6) is -7.44. The van der Waals surface area contributed by atoms with Gasteiger partial charge in [-0.1, -0.05) is 161 Å². The molecule has 1 aliphatic heterocycles. The first-order valence-corrected chi connectivity index (χ1v) is 40.3. The number of phenols is 3. The van der Waals surface area contributed by atoms with Gasteiger partial charge in [0.25, 0.3) is 5.78 Å². The van der Waals surface area contributed by atoms with Crippen molar-refractivity contribution in [2.24, 2.45) is 29.6 Å². The van der Waals surface area contributed by atoms with Gasteiger partial charge in [0.2, 0.25) is 91.0 Å². The zero-order chi connectivity index (χ0) is 85.3. The number of ether oxygens (including phenoxy) is 2. The van der Waals surface area contributed by atoms with Crippen molar-refractivity contribution in [3.63, 3.8) is 0 Å². The first-order valence-electron chi connectivity index (χ1n) is 40.3. The summed E-state index contributed by atoms with van der Waals surface area (Å²) in [5, 5.41) is 88.6. The normalized spacial score (nSPS) is 18.8. The minimum absolute atomic E-state index is 0. The molecule has 24 N–H and O–H groups in total. The van der Waals surface area contributed by atoms with Gasteiger partial charge in [-0.2, -0.15) is 0 Å². The molecule has 5 fully saturated rings. The van der Waals surface area contributed by atoms with Crippen molar-refractivity contribution in [3.05, 3.63) is 219 Å². The van der Waals surface area contributed by atoms with Crippen molar-refractivity contribution >= 4 is 68.8 Å². The second-order valence-corrected chi connectivity index (χ2v) is 31.3. The number of Topliss-reactive ketones (excluding diaryl/α,β-unsaturated/α-hetero) is 1. The third-order valence-corrected chi connectivity index (χ3v) is 22.5. The molecule has 124 heavy (non-hydrogen) atoms. The monoisotopic (exact) mass is 1720 g/mol. The molecule has 5 heterocycles. The Labute approximate surface area is 712 Å². The van der Waals surface area contributed by atoms with Crippen LogP contribution in [0.15, 0.2) is 174 Å². The van der Waals surface area contributed by atoms with Crippen LogP contribution in [0.25, 0.3) is 28.0 Å². The van der Waals surface area contributed by atoms with Gasteiger partial charge in [0, 0.05) is 110 Å². The van der Waals surface area contributed by atoms with Crippen LogP contribution < -0.4 is 52.5 Å². The topological polar surface area (TPSA) is 650 Å². The average molecular weight is 1720 g/mol. The second-order valence-electron chi connectivity index (χ2n) is 31.3. The van der Waals surface area contributed by atoms with E-state index in [9.17, 15) is 108 Å². The Morgan fingerprint density at radius 3 is 1.03 bits per heavy atom. The molecule has 0 bridgehead atoms. The third-order valence-electron chi connectivity index (χ3n) is 22.5. The fourth-order valence-electron chi connectivity index (χ4n) is 16.2. The molecule has 0 amide bonds. The van der Waals surface area contributed by atoms with Crippen molar-refractivity contribution < 1.29 is 116 Å². The number of aliphatic hydroxyl groups excluding tert-OH is 2. The second kappa shape index (κ2) is 45.8. The molecule has 4 aromatic heterocycles. The van der Waals surface area contributed by atoms with E-state index in [1.807, 2.05) is 0 Å². The predicted molar refractivity (Wildman–Crippen MR) is 454 cm³/mol. The Morgan fingerprint density at radius 1 is 0.315 bits per heavy atom. The molecule has 33 heteroatoms. The quantitative estimate of drug-likeness (QED) is 0.0152. The number of hydrogen-bond acceptors (Lipinski definition) is 33. The average Bonchev–Trinajstić information content (AvgIpc) is 0.817. The molecule has 0 saturated heterocycles.